The highest BCUT2D eigenvalue weighted by Gasteiger charge is 2.45. The molecule has 2 aromatic carbocycles. The molecule has 0 aromatic heterocycles. The van der Waals surface area contributed by atoms with Crippen molar-refractivity contribution in [3.05, 3.63) is 65.7 Å². The fourth-order valence-corrected chi connectivity index (χ4v) is 4.04. The zero-order valence-electron chi connectivity index (χ0n) is 14.3. The van der Waals surface area contributed by atoms with Crippen molar-refractivity contribution >= 4 is 15.7 Å². The molecule has 0 bridgehead atoms. The molecule has 1 aliphatic carbocycles. The molecule has 0 spiro atoms. The van der Waals surface area contributed by atoms with Crippen molar-refractivity contribution < 1.29 is 13.5 Å². The summed E-state index contributed by atoms with van der Waals surface area (Å²) in [5, 5.41) is 14.7. The third-order valence-corrected chi connectivity index (χ3v) is 6.15. The number of aryl methyl sites for hydroxylation is 1. The van der Waals surface area contributed by atoms with Gasteiger partial charge in [0.05, 0.1) is 22.1 Å². The molecule has 132 valence electrons. The summed E-state index contributed by atoms with van der Waals surface area (Å²) in [5.74, 6) is 0. The van der Waals surface area contributed by atoms with E-state index >= 15 is 0 Å². The van der Waals surface area contributed by atoms with Gasteiger partial charge in [-0.25, -0.2) is 4.83 Å². The maximum absolute atomic E-state index is 12.4. The van der Waals surface area contributed by atoms with E-state index in [1.54, 1.807) is 24.3 Å². The molecule has 6 heteroatoms. The number of benzene rings is 2. The van der Waals surface area contributed by atoms with Crippen molar-refractivity contribution in [3.63, 3.8) is 0 Å². The number of rotatable bonds is 4. The van der Waals surface area contributed by atoms with Crippen LogP contribution in [0.1, 0.15) is 30.9 Å². The van der Waals surface area contributed by atoms with Gasteiger partial charge in [-0.05, 0) is 44.4 Å². The number of nitrogens with one attached hydrogen (secondary N) is 1. The van der Waals surface area contributed by atoms with Crippen LogP contribution in [0.5, 0.6) is 0 Å². The summed E-state index contributed by atoms with van der Waals surface area (Å²) in [6.45, 7) is 3.80. The van der Waals surface area contributed by atoms with Gasteiger partial charge in [0.25, 0.3) is 10.0 Å². The van der Waals surface area contributed by atoms with Crippen LogP contribution >= 0.6 is 0 Å². The second-order valence-corrected chi connectivity index (χ2v) is 8.25. The van der Waals surface area contributed by atoms with Gasteiger partial charge < -0.3 is 5.11 Å². The van der Waals surface area contributed by atoms with Gasteiger partial charge in [0.1, 0.15) is 0 Å². The van der Waals surface area contributed by atoms with Crippen molar-refractivity contribution in [2.75, 3.05) is 0 Å². The molecule has 0 radical (unpaired) electrons. The predicted molar refractivity (Wildman–Crippen MR) is 98.0 cm³/mol. The molecule has 0 unspecified atom stereocenters. The maximum Gasteiger partial charge on any atom is 0.276 e. The molecule has 5 nitrogen and oxygen atoms in total. The Morgan fingerprint density at radius 2 is 1.76 bits per heavy atom. The van der Waals surface area contributed by atoms with Crippen LogP contribution < -0.4 is 4.83 Å². The summed E-state index contributed by atoms with van der Waals surface area (Å²) >= 11 is 0. The second kappa shape index (κ2) is 6.61. The van der Waals surface area contributed by atoms with Crippen molar-refractivity contribution in [2.24, 2.45) is 5.10 Å². The van der Waals surface area contributed by atoms with Crippen LogP contribution in [0.15, 0.2) is 64.6 Å². The number of sulfonamides is 1. The van der Waals surface area contributed by atoms with Gasteiger partial charge in [0, 0.05) is 0 Å². The minimum atomic E-state index is -3.73. The highest BCUT2D eigenvalue weighted by molar-refractivity contribution is 7.89. The smallest absolute Gasteiger partial charge is 0.276 e. The fourth-order valence-electron chi connectivity index (χ4n) is 3.21. The summed E-state index contributed by atoms with van der Waals surface area (Å²) in [4.78, 5) is 2.50. The lowest BCUT2D eigenvalue weighted by Crippen LogP contribution is -2.38. The molecular formula is C19H22N2O3S. The normalized spacial score (nSPS) is 25.2. The number of aliphatic hydroxyl groups excluding tert-OH is 1. The van der Waals surface area contributed by atoms with E-state index in [1.807, 2.05) is 44.2 Å². The van der Waals surface area contributed by atoms with Crippen molar-refractivity contribution in [1.29, 1.82) is 0 Å². The molecule has 25 heavy (non-hydrogen) atoms. The Kier molecular flexibility index (Phi) is 4.67. The van der Waals surface area contributed by atoms with Gasteiger partial charge in [-0.1, -0.05) is 48.0 Å². The Labute approximate surface area is 148 Å². The summed E-state index contributed by atoms with van der Waals surface area (Å²) in [7, 11) is -3.73. The fraction of sp³-hybridized carbons (Fsp3) is 0.316. The van der Waals surface area contributed by atoms with Gasteiger partial charge in [0.2, 0.25) is 0 Å². The number of hydrogen-bond donors (Lipinski definition) is 2. The number of hydrogen-bond acceptors (Lipinski definition) is 4. The Morgan fingerprint density at radius 1 is 1.12 bits per heavy atom. The zero-order chi connectivity index (χ0) is 18.1. The average Bonchev–Trinajstić information content (AvgIpc) is 2.90. The Hall–Kier alpha value is -2.18. The third kappa shape index (κ3) is 3.32. The molecule has 0 heterocycles. The van der Waals surface area contributed by atoms with Crippen LogP contribution in [-0.2, 0) is 15.4 Å². The molecule has 0 aliphatic heterocycles. The molecule has 2 N–H and O–H groups in total. The largest absolute Gasteiger partial charge is 0.392 e. The molecule has 3 rings (SSSR count). The first-order valence-corrected chi connectivity index (χ1v) is 9.71. The topological polar surface area (TPSA) is 78.8 Å². The molecule has 2 atom stereocenters. The number of aliphatic hydroxyl groups is 1. The summed E-state index contributed by atoms with van der Waals surface area (Å²) in [6.07, 6.45) is 0.497. The summed E-state index contributed by atoms with van der Waals surface area (Å²) < 4.78 is 24.9. The lowest BCUT2D eigenvalue weighted by molar-refractivity contribution is 0.134. The van der Waals surface area contributed by atoms with Gasteiger partial charge in [-0.15, -0.1) is 0 Å². The molecule has 0 amide bonds. The van der Waals surface area contributed by atoms with Gasteiger partial charge in [-0.3, -0.25) is 0 Å². The first-order chi connectivity index (χ1) is 11.8. The van der Waals surface area contributed by atoms with E-state index in [2.05, 4.69) is 9.93 Å². The van der Waals surface area contributed by atoms with E-state index in [-0.39, 0.29) is 4.90 Å². The zero-order valence-corrected chi connectivity index (χ0v) is 15.1. The second-order valence-electron chi connectivity index (χ2n) is 6.59. The SMILES string of the molecule is Cc1ccc(S(=O)(=O)N/N=C2\CC[C@H](O)[C@]2(C)c2ccccc2)cc1. The predicted octanol–water partition coefficient (Wildman–Crippen LogP) is 2.74. The molecular weight excluding hydrogens is 336 g/mol. The van der Waals surface area contributed by atoms with Crippen LogP contribution in [0.3, 0.4) is 0 Å². The lowest BCUT2D eigenvalue weighted by Gasteiger charge is -2.29. The van der Waals surface area contributed by atoms with Crippen LogP contribution in [-0.4, -0.2) is 25.3 Å². The first-order valence-electron chi connectivity index (χ1n) is 8.23. The van der Waals surface area contributed by atoms with Crippen LogP contribution in [0.2, 0.25) is 0 Å². The Balaban J connectivity index is 1.91. The summed E-state index contributed by atoms with van der Waals surface area (Å²) in [5.41, 5.74) is 1.85. The molecule has 1 saturated carbocycles. The maximum atomic E-state index is 12.4. The van der Waals surface area contributed by atoms with Gasteiger partial charge >= 0.3 is 0 Å². The van der Waals surface area contributed by atoms with E-state index in [4.69, 9.17) is 0 Å². The quantitative estimate of drug-likeness (QED) is 0.825. The van der Waals surface area contributed by atoms with Gasteiger partial charge in [0.15, 0.2) is 0 Å². The summed E-state index contributed by atoms with van der Waals surface area (Å²) in [6, 6.07) is 16.2. The van der Waals surface area contributed by atoms with Crippen LogP contribution in [0.4, 0.5) is 0 Å². The monoisotopic (exact) mass is 358 g/mol. The molecule has 0 saturated heterocycles. The van der Waals surface area contributed by atoms with Crippen molar-refractivity contribution in [3.8, 4) is 0 Å². The Bertz CT molecular complexity index is 877. The van der Waals surface area contributed by atoms with E-state index in [0.717, 1.165) is 11.1 Å². The standard InChI is InChI=1S/C19H22N2O3S/c1-14-8-10-16(11-9-14)25(23,24)21-20-17-12-13-18(22)19(17,2)15-6-4-3-5-7-15/h3-11,18,21-22H,12-13H2,1-2H3/b20-17+/t18-,19+/m0/s1. The highest BCUT2D eigenvalue weighted by Crippen LogP contribution is 2.38. The van der Waals surface area contributed by atoms with Crippen LogP contribution in [0.25, 0.3) is 0 Å². The van der Waals surface area contributed by atoms with E-state index in [0.29, 0.717) is 18.6 Å². The lowest BCUT2D eigenvalue weighted by atomic mass is 9.78. The van der Waals surface area contributed by atoms with Gasteiger partial charge in [-0.2, -0.15) is 13.5 Å². The van der Waals surface area contributed by atoms with E-state index in [1.165, 1.54) is 0 Å². The molecule has 1 fully saturated rings. The van der Waals surface area contributed by atoms with E-state index in [9.17, 15) is 13.5 Å². The van der Waals surface area contributed by atoms with Crippen molar-refractivity contribution in [1.82, 2.24) is 4.83 Å². The Morgan fingerprint density at radius 3 is 2.40 bits per heavy atom. The number of hydrazone groups is 1. The molecule has 2 aromatic rings. The average molecular weight is 358 g/mol. The third-order valence-electron chi connectivity index (χ3n) is 4.93. The van der Waals surface area contributed by atoms with Crippen LogP contribution in [0, 0.1) is 6.92 Å². The van der Waals surface area contributed by atoms with Crippen molar-refractivity contribution in [2.45, 2.75) is 43.1 Å². The highest BCUT2D eigenvalue weighted by atomic mass is 32.2. The first kappa shape index (κ1) is 17.6. The minimum absolute atomic E-state index is 0.169. The number of nitrogens with zero attached hydrogens (tertiary/aromatic N) is 1. The van der Waals surface area contributed by atoms with E-state index < -0.39 is 21.5 Å². The molecule has 1 aliphatic rings. The minimum Gasteiger partial charge on any atom is -0.392 e.